The van der Waals surface area contributed by atoms with Crippen molar-refractivity contribution in [2.24, 2.45) is 0 Å². The zero-order valence-corrected chi connectivity index (χ0v) is 14.6. The number of allylic oxidation sites excluding steroid dienone is 1. The maximum Gasteiger partial charge on any atom is 0.0233 e. The molecule has 0 radical (unpaired) electrons. The normalized spacial score (nSPS) is 19.1. The predicted octanol–water partition coefficient (Wildman–Crippen LogP) is 6.12. The highest BCUT2D eigenvalue weighted by Crippen LogP contribution is 2.22. The third-order valence-corrected chi connectivity index (χ3v) is 4.58. The van der Waals surface area contributed by atoms with Crippen LogP contribution >= 0.6 is 0 Å². The molecule has 1 aliphatic rings. The van der Waals surface area contributed by atoms with Gasteiger partial charge in [-0.1, -0.05) is 70.6 Å². The number of nitrogens with zero attached hydrogens (tertiary/aromatic N) is 1. The first-order valence-electron chi connectivity index (χ1n) is 9.37. The molecule has 0 N–H and O–H groups in total. The fourth-order valence-corrected chi connectivity index (χ4v) is 3.09. The first kappa shape index (κ1) is 18.5. The maximum absolute atomic E-state index is 4.31. The summed E-state index contributed by atoms with van der Waals surface area (Å²) in [5, 5.41) is 0. The van der Waals surface area contributed by atoms with Crippen LogP contribution in [0.3, 0.4) is 0 Å². The van der Waals surface area contributed by atoms with E-state index in [9.17, 15) is 0 Å². The third kappa shape index (κ3) is 8.46. The van der Waals surface area contributed by atoms with Gasteiger partial charge in [0.15, 0.2) is 0 Å². The minimum absolute atomic E-state index is 1.15. The van der Waals surface area contributed by atoms with Crippen molar-refractivity contribution in [3.63, 3.8) is 0 Å². The van der Waals surface area contributed by atoms with Gasteiger partial charge in [-0.15, -0.1) is 0 Å². The van der Waals surface area contributed by atoms with Gasteiger partial charge < -0.3 is 0 Å². The second-order valence-electron chi connectivity index (χ2n) is 6.62. The lowest BCUT2D eigenvalue weighted by Gasteiger charge is -2.20. The number of rotatable bonds is 10. The molecule has 0 unspecified atom stereocenters. The van der Waals surface area contributed by atoms with Gasteiger partial charge in [0, 0.05) is 6.54 Å². The second kappa shape index (κ2) is 12.0. The first-order valence-corrected chi connectivity index (χ1v) is 9.37. The quantitative estimate of drug-likeness (QED) is 0.438. The van der Waals surface area contributed by atoms with Crippen LogP contribution in [0.2, 0.25) is 0 Å². The van der Waals surface area contributed by atoms with E-state index in [0.29, 0.717) is 0 Å². The van der Waals surface area contributed by atoms with Crippen molar-refractivity contribution in [2.75, 3.05) is 19.6 Å². The van der Waals surface area contributed by atoms with E-state index in [0.717, 1.165) is 6.54 Å². The SMILES string of the molecule is C=C1CCCN(CCCC)C/C1=C\CCCCCCCC. The van der Waals surface area contributed by atoms with Crippen LogP contribution in [0.5, 0.6) is 0 Å². The summed E-state index contributed by atoms with van der Waals surface area (Å²) >= 11 is 0. The number of unbranched alkanes of at least 4 members (excludes halogenated alkanes) is 7. The van der Waals surface area contributed by atoms with Crippen molar-refractivity contribution >= 4 is 0 Å². The molecule has 0 aliphatic carbocycles. The van der Waals surface area contributed by atoms with Crippen LogP contribution in [-0.2, 0) is 0 Å². The molecule has 1 fully saturated rings. The average Bonchev–Trinajstić information content (AvgIpc) is 2.66. The summed E-state index contributed by atoms with van der Waals surface area (Å²) in [6.07, 6.45) is 17.2. The van der Waals surface area contributed by atoms with Crippen LogP contribution in [0.4, 0.5) is 0 Å². The fraction of sp³-hybridized carbons (Fsp3) is 0.800. The van der Waals surface area contributed by atoms with Gasteiger partial charge >= 0.3 is 0 Å². The largest absolute Gasteiger partial charge is 0.299 e. The summed E-state index contributed by atoms with van der Waals surface area (Å²) in [5.74, 6) is 0. The van der Waals surface area contributed by atoms with E-state index in [1.54, 1.807) is 0 Å². The predicted molar refractivity (Wildman–Crippen MR) is 95.8 cm³/mol. The lowest BCUT2D eigenvalue weighted by Crippen LogP contribution is -2.26. The maximum atomic E-state index is 4.31. The molecule has 0 amide bonds. The summed E-state index contributed by atoms with van der Waals surface area (Å²) < 4.78 is 0. The van der Waals surface area contributed by atoms with Crippen molar-refractivity contribution < 1.29 is 0 Å². The van der Waals surface area contributed by atoms with Crippen LogP contribution in [0.25, 0.3) is 0 Å². The highest BCUT2D eigenvalue weighted by molar-refractivity contribution is 5.30. The van der Waals surface area contributed by atoms with Crippen molar-refractivity contribution in [2.45, 2.75) is 84.5 Å². The number of hydrogen-bond acceptors (Lipinski definition) is 1. The Bertz CT molecular complexity index is 303. The van der Waals surface area contributed by atoms with Crippen LogP contribution in [0.1, 0.15) is 84.5 Å². The Balaban J connectivity index is 2.30. The van der Waals surface area contributed by atoms with E-state index in [1.807, 2.05) is 0 Å². The Morgan fingerprint density at radius 2 is 1.71 bits per heavy atom. The lowest BCUT2D eigenvalue weighted by atomic mass is 10.0. The van der Waals surface area contributed by atoms with Crippen LogP contribution < -0.4 is 0 Å². The van der Waals surface area contributed by atoms with Crippen molar-refractivity contribution in [3.05, 3.63) is 23.8 Å². The fourth-order valence-electron chi connectivity index (χ4n) is 3.09. The van der Waals surface area contributed by atoms with E-state index in [1.165, 1.54) is 94.9 Å². The van der Waals surface area contributed by atoms with Gasteiger partial charge in [0.1, 0.15) is 0 Å². The minimum atomic E-state index is 1.15. The van der Waals surface area contributed by atoms with Gasteiger partial charge in [-0.2, -0.15) is 0 Å². The summed E-state index contributed by atoms with van der Waals surface area (Å²) in [5.41, 5.74) is 2.94. The third-order valence-electron chi connectivity index (χ3n) is 4.58. The van der Waals surface area contributed by atoms with Gasteiger partial charge in [-0.25, -0.2) is 0 Å². The highest BCUT2D eigenvalue weighted by Gasteiger charge is 2.14. The Kier molecular flexibility index (Phi) is 10.6. The summed E-state index contributed by atoms with van der Waals surface area (Å²) in [6.45, 7) is 12.5. The first-order chi connectivity index (χ1) is 10.3. The molecular formula is C20H37N. The molecule has 1 heteroatoms. The zero-order chi connectivity index (χ0) is 15.3. The van der Waals surface area contributed by atoms with Crippen LogP contribution in [-0.4, -0.2) is 24.5 Å². The molecule has 1 heterocycles. The van der Waals surface area contributed by atoms with E-state index in [-0.39, 0.29) is 0 Å². The Morgan fingerprint density at radius 1 is 1.00 bits per heavy atom. The molecule has 1 aliphatic heterocycles. The molecule has 0 aromatic rings. The highest BCUT2D eigenvalue weighted by atomic mass is 15.1. The average molecular weight is 292 g/mol. The molecular weight excluding hydrogens is 254 g/mol. The molecule has 1 saturated heterocycles. The van der Waals surface area contributed by atoms with Gasteiger partial charge in [0.25, 0.3) is 0 Å². The molecule has 0 aromatic heterocycles. The Hall–Kier alpha value is -0.560. The zero-order valence-electron chi connectivity index (χ0n) is 14.6. The number of likely N-dealkylation sites (tertiary alicyclic amines) is 1. The topological polar surface area (TPSA) is 3.24 Å². The lowest BCUT2D eigenvalue weighted by molar-refractivity contribution is 0.297. The van der Waals surface area contributed by atoms with Gasteiger partial charge in [-0.05, 0) is 50.8 Å². The molecule has 1 rings (SSSR count). The monoisotopic (exact) mass is 291 g/mol. The van der Waals surface area contributed by atoms with Crippen LogP contribution in [0, 0.1) is 0 Å². The van der Waals surface area contributed by atoms with Gasteiger partial charge in [0.2, 0.25) is 0 Å². The van der Waals surface area contributed by atoms with Crippen molar-refractivity contribution in [1.82, 2.24) is 4.90 Å². The smallest absolute Gasteiger partial charge is 0.0233 e. The van der Waals surface area contributed by atoms with E-state index in [2.05, 4.69) is 31.4 Å². The number of hydrogen-bond donors (Lipinski definition) is 0. The summed E-state index contributed by atoms with van der Waals surface area (Å²) in [7, 11) is 0. The summed E-state index contributed by atoms with van der Waals surface area (Å²) in [4.78, 5) is 2.63. The van der Waals surface area contributed by atoms with E-state index >= 15 is 0 Å². The molecule has 0 atom stereocenters. The second-order valence-corrected chi connectivity index (χ2v) is 6.62. The molecule has 0 bridgehead atoms. The standard InChI is InChI=1S/C20H37N/c1-4-6-8-9-10-11-12-15-20-18-21(16-7-5-2)17-13-14-19(20)3/h15H,3-14,16-18H2,1-2H3/b20-15+. The Labute approximate surface area is 133 Å². The van der Waals surface area contributed by atoms with Crippen LogP contribution in [0.15, 0.2) is 23.8 Å². The van der Waals surface area contributed by atoms with Crippen molar-refractivity contribution in [3.8, 4) is 0 Å². The minimum Gasteiger partial charge on any atom is -0.299 e. The van der Waals surface area contributed by atoms with Gasteiger partial charge in [-0.3, -0.25) is 4.90 Å². The Morgan fingerprint density at radius 3 is 2.48 bits per heavy atom. The van der Waals surface area contributed by atoms with Gasteiger partial charge in [0.05, 0.1) is 0 Å². The molecule has 1 nitrogen and oxygen atoms in total. The van der Waals surface area contributed by atoms with Crippen molar-refractivity contribution in [1.29, 1.82) is 0 Å². The molecule has 0 aromatic carbocycles. The molecule has 21 heavy (non-hydrogen) atoms. The summed E-state index contributed by atoms with van der Waals surface area (Å²) in [6, 6.07) is 0. The molecule has 0 spiro atoms. The molecule has 0 saturated carbocycles. The van der Waals surface area contributed by atoms with E-state index < -0.39 is 0 Å². The molecule has 122 valence electrons. The van der Waals surface area contributed by atoms with E-state index in [4.69, 9.17) is 0 Å².